The number of amides is 1. The first-order chi connectivity index (χ1) is 22.9. The van der Waals surface area contributed by atoms with E-state index in [2.05, 4.69) is 5.73 Å². The van der Waals surface area contributed by atoms with E-state index in [0.29, 0.717) is 0 Å². The minimum atomic E-state index is -10.4. The summed E-state index contributed by atoms with van der Waals surface area (Å²) in [6, 6.07) is 0. The van der Waals surface area contributed by atoms with Crippen LogP contribution in [-0.4, -0.2) is 107 Å². The van der Waals surface area contributed by atoms with E-state index in [-0.39, 0.29) is 0 Å². The highest BCUT2D eigenvalue weighted by Gasteiger charge is 3.02. The van der Waals surface area contributed by atoms with Crippen molar-refractivity contribution < 1.29 is 158 Å². The molecule has 2 nitrogen and oxygen atoms in total. The van der Waals surface area contributed by atoms with E-state index in [1.165, 1.54) is 0 Å². The molecule has 0 atom stereocenters. The number of halogens is 35. The molecule has 0 aromatic heterocycles. The average Bonchev–Trinajstić information content (AvgIpc) is 2.94. The Bertz CT molecular complexity index is 1440. The lowest BCUT2D eigenvalue weighted by molar-refractivity contribution is -0.492. The molecule has 1 amide bonds. The summed E-state index contributed by atoms with van der Waals surface area (Å²) in [5.41, 5.74) is 3.30. The van der Waals surface area contributed by atoms with Gasteiger partial charge in [-0.2, -0.15) is 154 Å². The first kappa shape index (κ1) is 52.0. The Hall–Kier alpha value is -2.98. The van der Waals surface area contributed by atoms with Crippen molar-refractivity contribution in [2.24, 2.45) is 5.73 Å². The van der Waals surface area contributed by atoms with Crippen LogP contribution in [0.4, 0.5) is 154 Å². The molecule has 55 heavy (non-hydrogen) atoms. The summed E-state index contributed by atoms with van der Waals surface area (Å²) in [5, 5.41) is 0. The Labute approximate surface area is 272 Å². The fourth-order valence-corrected chi connectivity index (χ4v) is 3.09. The number of alkyl halides is 35. The van der Waals surface area contributed by atoms with Crippen molar-refractivity contribution in [1.29, 1.82) is 0 Å². The lowest BCUT2D eigenvalue weighted by Crippen LogP contribution is -2.80. The lowest BCUT2D eigenvalue weighted by Gasteiger charge is -2.47. The second-order valence-corrected chi connectivity index (χ2v) is 10.1. The van der Waals surface area contributed by atoms with E-state index in [4.69, 9.17) is 0 Å². The van der Waals surface area contributed by atoms with Crippen LogP contribution in [0.25, 0.3) is 0 Å². The first-order valence-corrected chi connectivity index (χ1v) is 11.4. The highest BCUT2D eigenvalue weighted by Crippen LogP contribution is 2.70. The van der Waals surface area contributed by atoms with Gasteiger partial charge in [-0.15, -0.1) is 0 Å². The van der Waals surface area contributed by atoms with Gasteiger partial charge in [-0.25, -0.2) is 0 Å². The van der Waals surface area contributed by atoms with Gasteiger partial charge < -0.3 is 5.73 Å². The van der Waals surface area contributed by atoms with Gasteiger partial charge >= 0.3 is 101 Å². The molecule has 0 bridgehead atoms. The van der Waals surface area contributed by atoms with Gasteiger partial charge in [-0.1, -0.05) is 0 Å². The summed E-state index contributed by atoms with van der Waals surface area (Å²) in [7, 11) is 0. The molecule has 37 heteroatoms. The van der Waals surface area contributed by atoms with Crippen LogP contribution in [-0.2, 0) is 4.79 Å². The lowest BCUT2D eigenvalue weighted by atomic mass is 9.82. The predicted molar refractivity (Wildman–Crippen MR) is 94.4 cm³/mol. The van der Waals surface area contributed by atoms with E-state index in [1.807, 2.05) is 0 Å². The number of rotatable bonds is 16. The molecule has 2 N–H and O–H groups in total. The molecule has 0 heterocycles. The van der Waals surface area contributed by atoms with Crippen molar-refractivity contribution in [3.05, 3.63) is 0 Å². The Kier molecular flexibility index (Phi) is 11.6. The average molecular weight is 913 g/mol. The standard InChI is InChI=1S/C18H2F35NO/c19-2(20,1(54)55)3(21,22)4(23,24)5(25,26)6(27,28)7(29,30)8(31,32)9(33,34)10(35,36)11(37,38)12(39,40)13(41,42)14(43,44)15(45,46)16(47,48)17(49,50)18(51,52)53/h(H2,54,55). The largest absolute Gasteiger partial charge is 0.460 e. The van der Waals surface area contributed by atoms with Crippen molar-refractivity contribution in [3.63, 3.8) is 0 Å². The molecule has 0 unspecified atom stereocenters. The van der Waals surface area contributed by atoms with Gasteiger partial charge in [-0.05, 0) is 0 Å². The monoisotopic (exact) mass is 913 g/mol. The van der Waals surface area contributed by atoms with Crippen molar-refractivity contribution in [1.82, 2.24) is 0 Å². The third-order valence-corrected chi connectivity index (χ3v) is 6.58. The topological polar surface area (TPSA) is 43.1 Å². The van der Waals surface area contributed by atoms with Crippen molar-refractivity contribution in [2.45, 2.75) is 101 Å². The molecule has 330 valence electrons. The fraction of sp³-hybridized carbons (Fsp3) is 0.944. The zero-order chi connectivity index (χ0) is 46.1. The molecule has 0 fully saturated rings. The second kappa shape index (κ2) is 12.3. The van der Waals surface area contributed by atoms with E-state index in [1.54, 1.807) is 0 Å². The van der Waals surface area contributed by atoms with Gasteiger partial charge in [0.2, 0.25) is 0 Å². The molecule has 0 aromatic rings. The third-order valence-electron chi connectivity index (χ3n) is 6.58. The molecular weight excluding hydrogens is 911 g/mol. The fourth-order valence-electron chi connectivity index (χ4n) is 3.09. The van der Waals surface area contributed by atoms with Gasteiger partial charge in [0.25, 0.3) is 5.91 Å². The second-order valence-electron chi connectivity index (χ2n) is 10.1. The van der Waals surface area contributed by atoms with Crippen LogP contribution < -0.4 is 5.73 Å². The van der Waals surface area contributed by atoms with Gasteiger partial charge in [0, 0.05) is 0 Å². The molecule has 0 aliphatic carbocycles. The van der Waals surface area contributed by atoms with Crippen molar-refractivity contribution in [3.8, 4) is 0 Å². The Morgan fingerprint density at radius 3 is 0.436 bits per heavy atom. The third kappa shape index (κ3) is 5.67. The summed E-state index contributed by atoms with van der Waals surface area (Å²) in [6.45, 7) is 0. The molecule has 0 aliphatic rings. The van der Waals surface area contributed by atoms with Gasteiger partial charge in [0.05, 0.1) is 0 Å². The van der Waals surface area contributed by atoms with Crippen LogP contribution in [0.2, 0.25) is 0 Å². The van der Waals surface area contributed by atoms with Crippen LogP contribution in [0.5, 0.6) is 0 Å². The number of carbonyl (C=O) groups excluding carboxylic acids is 1. The maximum atomic E-state index is 13.8. The Morgan fingerprint density at radius 2 is 0.327 bits per heavy atom. The number of carbonyl (C=O) groups is 1. The normalized spacial score (nSPS) is 17.1. The van der Waals surface area contributed by atoms with E-state index < -0.39 is 107 Å². The quantitative estimate of drug-likeness (QED) is 0.154. The van der Waals surface area contributed by atoms with Crippen molar-refractivity contribution >= 4 is 5.91 Å². The molecule has 0 radical (unpaired) electrons. The summed E-state index contributed by atoms with van der Waals surface area (Å²) in [4.78, 5) is 10.2. The number of primary amides is 1. The minimum Gasteiger partial charge on any atom is -0.364 e. The van der Waals surface area contributed by atoms with Crippen LogP contribution in [0.3, 0.4) is 0 Å². The maximum Gasteiger partial charge on any atom is 0.460 e. The van der Waals surface area contributed by atoms with E-state index in [9.17, 15) is 158 Å². The molecular formula is C18H2F35NO. The number of hydrogen-bond acceptors (Lipinski definition) is 1. The highest BCUT2D eigenvalue weighted by atomic mass is 19.4. The van der Waals surface area contributed by atoms with Crippen LogP contribution in [0.1, 0.15) is 0 Å². The minimum absolute atomic E-state index is 3.30. The van der Waals surface area contributed by atoms with Crippen molar-refractivity contribution in [2.75, 3.05) is 0 Å². The van der Waals surface area contributed by atoms with Crippen LogP contribution in [0.15, 0.2) is 0 Å². The van der Waals surface area contributed by atoms with Crippen LogP contribution in [0, 0.1) is 0 Å². The molecule has 0 aliphatic heterocycles. The Balaban J connectivity index is 7.83. The summed E-state index contributed by atoms with van der Waals surface area (Å²) in [6.07, 6.45) is -8.44. The zero-order valence-electron chi connectivity index (χ0n) is 23.2. The predicted octanol–water partition coefficient (Wildman–Crippen LogP) is 10.2. The molecule has 0 rings (SSSR count). The maximum absolute atomic E-state index is 13.8. The summed E-state index contributed by atoms with van der Waals surface area (Å²) in [5.74, 6) is -160. The molecule has 0 spiro atoms. The SMILES string of the molecule is NC(=O)C(F)(F)C(F)(F)C(F)(F)C(F)(F)C(F)(F)C(F)(F)C(F)(F)C(F)(F)C(F)(F)C(F)(F)C(F)(F)C(F)(F)C(F)(F)C(F)(F)C(F)(F)C(F)(F)C(F)(F)F. The van der Waals surface area contributed by atoms with Gasteiger partial charge in [-0.3, -0.25) is 4.79 Å². The molecule has 0 saturated carbocycles. The number of nitrogens with two attached hydrogens (primary N) is 1. The summed E-state index contributed by atoms with van der Waals surface area (Å²) < 4.78 is 469. The zero-order valence-corrected chi connectivity index (χ0v) is 23.2. The molecule has 0 saturated heterocycles. The summed E-state index contributed by atoms with van der Waals surface area (Å²) >= 11 is 0. The highest BCUT2D eigenvalue weighted by molar-refractivity contribution is 5.83. The Morgan fingerprint density at radius 1 is 0.218 bits per heavy atom. The van der Waals surface area contributed by atoms with Gasteiger partial charge in [0.1, 0.15) is 0 Å². The van der Waals surface area contributed by atoms with E-state index in [0.717, 1.165) is 0 Å². The first-order valence-electron chi connectivity index (χ1n) is 11.4. The van der Waals surface area contributed by atoms with Crippen LogP contribution >= 0.6 is 0 Å². The number of hydrogen-bond donors (Lipinski definition) is 1. The van der Waals surface area contributed by atoms with Gasteiger partial charge in [0.15, 0.2) is 0 Å². The smallest absolute Gasteiger partial charge is 0.364 e. The van der Waals surface area contributed by atoms with E-state index >= 15 is 0 Å². The molecule has 0 aromatic carbocycles.